The van der Waals surface area contributed by atoms with Crippen molar-refractivity contribution in [1.82, 2.24) is 4.90 Å². The lowest BCUT2D eigenvalue weighted by atomic mass is 9.99. The number of benzene rings is 1. The van der Waals surface area contributed by atoms with Crippen molar-refractivity contribution in [3.05, 3.63) is 41.7 Å². The third kappa shape index (κ3) is 1.73. The molecule has 5 nitrogen and oxygen atoms in total. The average molecular weight is 247 g/mol. The number of rotatable bonds is 2. The Labute approximate surface area is 104 Å². The number of carbonyl (C=O) groups is 2. The third-order valence-electron chi connectivity index (χ3n) is 2.95. The van der Waals surface area contributed by atoms with Crippen molar-refractivity contribution in [3.63, 3.8) is 0 Å². The van der Waals surface area contributed by atoms with Gasteiger partial charge in [0.2, 0.25) is 0 Å². The van der Waals surface area contributed by atoms with Gasteiger partial charge in [0.15, 0.2) is 11.8 Å². The Balaban J connectivity index is 2.53. The molecule has 1 aliphatic heterocycles. The normalized spacial score (nSPS) is 19.3. The lowest BCUT2D eigenvalue weighted by Crippen LogP contribution is -2.38. The van der Waals surface area contributed by atoms with Gasteiger partial charge in [0, 0.05) is 12.6 Å². The highest BCUT2D eigenvalue weighted by Gasteiger charge is 2.42. The molecule has 0 radical (unpaired) electrons. The van der Waals surface area contributed by atoms with E-state index in [2.05, 4.69) is 4.74 Å². The average Bonchev–Trinajstić information content (AvgIpc) is 2.63. The Bertz CT molecular complexity index is 521. The van der Waals surface area contributed by atoms with E-state index in [0.29, 0.717) is 5.56 Å². The summed E-state index contributed by atoms with van der Waals surface area (Å²) >= 11 is 0. The van der Waals surface area contributed by atoms with Crippen molar-refractivity contribution in [1.29, 1.82) is 0 Å². The van der Waals surface area contributed by atoms with E-state index >= 15 is 0 Å². The first kappa shape index (κ1) is 12.2. The number of ether oxygens (including phenoxy) is 1. The van der Waals surface area contributed by atoms with E-state index in [9.17, 15) is 14.7 Å². The van der Waals surface area contributed by atoms with E-state index in [1.54, 1.807) is 24.3 Å². The van der Waals surface area contributed by atoms with Crippen molar-refractivity contribution >= 4 is 17.4 Å². The molecular weight excluding hydrogens is 234 g/mol. The van der Waals surface area contributed by atoms with Gasteiger partial charge in [0.05, 0.1) is 7.11 Å². The van der Waals surface area contributed by atoms with Gasteiger partial charge in [-0.25, -0.2) is 4.79 Å². The second kappa shape index (κ2) is 4.52. The first-order valence-electron chi connectivity index (χ1n) is 5.41. The van der Waals surface area contributed by atoms with Crippen LogP contribution >= 0.6 is 0 Å². The second-order valence-electron chi connectivity index (χ2n) is 3.97. The number of carbonyl (C=O) groups excluding carboxylic acids is 2. The highest BCUT2D eigenvalue weighted by atomic mass is 16.5. The molecule has 1 amide bonds. The van der Waals surface area contributed by atoms with E-state index in [4.69, 9.17) is 0 Å². The zero-order valence-electron chi connectivity index (χ0n) is 10.1. The summed E-state index contributed by atoms with van der Waals surface area (Å²) in [5, 5.41) is 9.88. The van der Waals surface area contributed by atoms with Crippen LogP contribution in [0.2, 0.25) is 0 Å². The number of aliphatic hydroxyl groups is 1. The topological polar surface area (TPSA) is 66.8 Å². The van der Waals surface area contributed by atoms with Crippen molar-refractivity contribution in [2.45, 2.75) is 6.04 Å². The summed E-state index contributed by atoms with van der Waals surface area (Å²) in [7, 11) is 2.70. The van der Waals surface area contributed by atoms with Crippen molar-refractivity contribution in [2.24, 2.45) is 0 Å². The van der Waals surface area contributed by atoms with E-state index in [1.807, 2.05) is 6.07 Å². The largest absolute Gasteiger partial charge is 0.503 e. The second-order valence-corrected chi connectivity index (χ2v) is 3.97. The standard InChI is InChI=1S/C13H13NO4/c1-14-10(13(17)18-2)9(11(15)12(14)16)8-6-4-3-5-7-8/h3-7,10,15H,1-2H3. The molecule has 1 unspecified atom stereocenters. The summed E-state index contributed by atoms with van der Waals surface area (Å²) in [6, 6.07) is 7.92. The molecule has 0 bridgehead atoms. The lowest BCUT2D eigenvalue weighted by Gasteiger charge is -2.19. The predicted octanol–water partition coefficient (Wildman–Crippen LogP) is 0.969. The van der Waals surface area contributed by atoms with Crippen LogP contribution in [0.15, 0.2) is 36.1 Å². The van der Waals surface area contributed by atoms with Gasteiger partial charge >= 0.3 is 5.97 Å². The van der Waals surface area contributed by atoms with Gasteiger partial charge < -0.3 is 14.7 Å². The first-order chi connectivity index (χ1) is 8.57. The molecule has 1 aliphatic rings. The Kier molecular flexibility index (Phi) is 3.06. The molecular formula is C13H13NO4. The molecule has 2 rings (SSSR count). The van der Waals surface area contributed by atoms with Crippen molar-refractivity contribution in [3.8, 4) is 0 Å². The molecule has 0 saturated carbocycles. The SMILES string of the molecule is COC(=O)C1C(c2ccccc2)=C(O)C(=O)N1C. The van der Waals surface area contributed by atoms with Gasteiger partial charge in [-0.1, -0.05) is 30.3 Å². The van der Waals surface area contributed by atoms with Crippen LogP contribution < -0.4 is 0 Å². The van der Waals surface area contributed by atoms with Crippen LogP contribution in [0.1, 0.15) is 5.56 Å². The van der Waals surface area contributed by atoms with Gasteiger partial charge in [0.25, 0.3) is 5.91 Å². The smallest absolute Gasteiger partial charge is 0.333 e. The lowest BCUT2D eigenvalue weighted by molar-refractivity contribution is -0.147. The molecule has 0 aliphatic carbocycles. The van der Waals surface area contributed by atoms with Gasteiger partial charge in [-0.2, -0.15) is 0 Å². The highest BCUT2D eigenvalue weighted by molar-refractivity contribution is 6.11. The molecule has 18 heavy (non-hydrogen) atoms. The van der Waals surface area contributed by atoms with Crippen LogP contribution in [-0.2, 0) is 14.3 Å². The van der Waals surface area contributed by atoms with E-state index in [-0.39, 0.29) is 5.57 Å². The number of aliphatic hydroxyl groups excluding tert-OH is 1. The fourth-order valence-corrected chi connectivity index (χ4v) is 2.02. The maximum Gasteiger partial charge on any atom is 0.333 e. The minimum atomic E-state index is -0.898. The summed E-state index contributed by atoms with van der Waals surface area (Å²) in [6.07, 6.45) is 0. The number of nitrogens with zero attached hydrogens (tertiary/aromatic N) is 1. The number of esters is 1. The molecule has 1 aromatic rings. The van der Waals surface area contributed by atoms with E-state index in [0.717, 1.165) is 0 Å². The molecule has 0 fully saturated rings. The van der Waals surface area contributed by atoms with Gasteiger partial charge in [-0.3, -0.25) is 4.79 Å². The fourth-order valence-electron chi connectivity index (χ4n) is 2.02. The van der Waals surface area contributed by atoms with Crippen molar-refractivity contribution in [2.75, 3.05) is 14.2 Å². The van der Waals surface area contributed by atoms with E-state index in [1.165, 1.54) is 19.1 Å². The van der Waals surface area contributed by atoms with Crippen molar-refractivity contribution < 1.29 is 19.4 Å². The number of likely N-dealkylation sites (N-methyl/N-ethyl adjacent to an activating group) is 1. The van der Waals surface area contributed by atoms with Crippen LogP contribution in [-0.4, -0.2) is 42.1 Å². The number of methoxy groups -OCH3 is 1. The van der Waals surface area contributed by atoms with E-state index < -0.39 is 23.7 Å². The van der Waals surface area contributed by atoms with Gasteiger partial charge in [-0.05, 0) is 5.56 Å². The third-order valence-corrected chi connectivity index (χ3v) is 2.95. The zero-order valence-corrected chi connectivity index (χ0v) is 10.1. The molecule has 94 valence electrons. The Morgan fingerprint density at radius 1 is 1.33 bits per heavy atom. The number of amides is 1. The molecule has 1 heterocycles. The Morgan fingerprint density at radius 2 is 1.94 bits per heavy atom. The number of hydrogen-bond donors (Lipinski definition) is 1. The summed E-state index contributed by atoms with van der Waals surface area (Å²) in [4.78, 5) is 24.6. The summed E-state index contributed by atoms with van der Waals surface area (Å²) < 4.78 is 4.67. The van der Waals surface area contributed by atoms with Crippen LogP contribution in [0.25, 0.3) is 5.57 Å². The summed E-state index contributed by atoms with van der Waals surface area (Å²) in [6.45, 7) is 0. The Hall–Kier alpha value is -2.30. The molecule has 1 atom stereocenters. The fraction of sp³-hybridized carbons (Fsp3) is 0.231. The number of hydrogen-bond acceptors (Lipinski definition) is 4. The maximum absolute atomic E-state index is 11.7. The van der Waals surface area contributed by atoms with Crippen LogP contribution in [0.3, 0.4) is 0 Å². The molecule has 0 spiro atoms. The van der Waals surface area contributed by atoms with Crippen LogP contribution in [0.4, 0.5) is 0 Å². The molecule has 1 N–H and O–H groups in total. The molecule has 5 heteroatoms. The first-order valence-corrected chi connectivity index (χ1v) is 5.41. The van der Waals surface area contributed by atoms with Crippen LogP contribution in [0.5, 0.6) is 0 Å². The Morgan fingerprint density at radius 3 is 2.50 bits per heavy atom. The minimum absolute atomic E-state index is 0.287. The maximum atomic E-state index is 11.7. The summed E-state index contributed by atoms with van der Waals surface area (Å²) in [5.74, 6) is -1.56. The molecule has 0 saturated heterocycles. The molecule has 1 aromatic carbocycles. The monoisotopic (exact) mass is 247 g/mol. The quantitative estimate of drug-likeness (QED) is 0.791. The summed E-state index contributed by atoms with van der Waals surface area (Å²) in [5.41, 5.74) is 0.915. The van der Waals surface area contributed by atoms with Gasteiger partial charge in [-0.15, -0.1) is 0 Å². The van der Waals surface area contributed by atoms with Gasteiger partial charge in [0.1, 0.15) is 0 Å². The predicted molar refractivity (Wildman–Crippen MR) is 64.6 cm³/mol. The minimum Gasteiger partial charge on any atom is -0.503 e. The van der Waals surface area contributed by atoms with Crippen LogP contribution in [0, 0.1) is 0 Å². The zero-order chi connectivity index (χ0) is 13.3. The molecule has 0 aromatic heterocycles. The highest BCUT2D eigenvalue weighted by Crippen LogP contribution is 2.32.